The Morgan fingerprint density at radius 2 is 1.60 bits per heavy atom. The first-order chi connectivity index (χ1) is 9.84. The monoisotopic (exact) mass is 258 g/mol. The first-order valence-electron chi connectivity index (χ1n) is 6.73. The molecule has 0 unspecified atom stereocenters. The zero-order valence-corrected chi connectivity index (χ0v) is 11.2. The van der Waals surface area contributed by atoms with Crippen molar-refractivity contribution in [3.05, 3.63) is 66.9 Å². The normalized spacial score (nSPS) is 11.2. The zero-order valence-electron chi connectivity index (χ0n) is 11.2. The highest BCUT2D eigenvalue weighted by atomic mass is 14.9. The van der Waals surface area contributed by atoms with Gasteiger partial charge in [0.05, 0.1) is 5.69 Å². The van der Waals surface area contributed by atoms with Crippen LogP contribution in [0.4, 0.5) is 0 Å². The van der Waals surface area contributed by atoms with Gasteiger partial charge in [-0.1, -0.05) is 36.4 Å². The summed E-state index contributed by atoms with van der Waals surface area (Å²) in [5, 5.41) is 2.60. The van der Waals surface area contributed by atoms with Gasteiger partial charge in [0.25, 0.3) is 0 Å². The molecule has 2 heteroatoms. The molecule has 0 aliphatic heterocycles. The fourth-order valence-corrected chi connectivity index (χ4v) is 2.85. The molecule has 96 valence electrons. The highest BCUT2D eigenvalue weighted by molar-refractivity contribution is 6.08. The van der Waals surface area contributed by atoms with E-state index in [-0.39, 0.29) is 0 Å². The van der Waals surface area contributed by atoms with E-state index < -0.39 is 0 Å². The van der Waals surface area contributed by atoms with E-state index in [2.05, 4.69) is 59.1 Å². The molecule has 0 N–H and O–H groups in total. The quantitative estimate of drug-likeness (QED) is 0.495. The third kappa shape index (κ3) is 1.55. The summed E-state index contributed by atoms with van der Waals surface area (Å²) in [5.41, 5.74) is 4.68. The van der Waals surface area contributed by atoms with Crippen molar-refractivity contribution in [1.29, 1.82) is 0 Å². The zero-order chi connectivity index (χ0) is 13.5. The molecule has 20 heavy (non-hydrogen) atoms. The van der Waals surface area contributed by atoms with Gasteiger partial charge in [0.1, 0.15) is 0 Å². The molecule has 0 spiro atoms. The van der Waals surface area contributed by atoms with E-state index in [1.807, 2.05) is 24.4 Å². The summed E-state index contributed by atoms with van der Waals surface area (Å²) in [6.07, 6.45) is 1.83. The maximum atomic E-state index is 4.43. The van der Waals surface area contributed by atoms with Crippen molar-refractivity contribution >= 4 is 21.8 Å². The lowest BCUT2D eigenvalue weighted by Gasteiger charge is -2.02. The minimum atomic E-state index is 1.01. The molecule has 0 radical (unpaired) electrons. The topological polar surface area (TPSA) is 17.8 Å². The first-order valence-corrected chi connectivity index (χ1v) is 6.73. The summed E-state index contributed by atoms with van der Waals surface area (Å²) < 4.78 is 2.25. The number of benzene rings is 2. The molecule has 2 aromatic heterocycles. The van der Waals surface area contributed by atoms with Crippen LogP contribution in [0.1, 0.15) is 0 Å². The van der Waals surface area contributed by atoms with Crippen LogP contribution in [0.25, 0.3) is 33.1 Å². The van der Waals surface area contributed by atoms with E-state index in [1.165, 1.54) is 21.8 Å². The molecule has 0 bridgehead atoms. The van der Waals surface area contributed by atoms with Crippen LogP contribution in [0.2, 0.25) is 0 Å². The van der Waals surface area contributed by atoms with Crippen molar-refractivity contribution in [3.8, 4) is 11.3 Å². The molecule has 0 saturated heterocycles. The van der Waals surface area contributed by atoms with Crippen LogP contribution in [-0.4, -0.2) is 9.55 Å². The molecule has 2 aromatic carbocycles. The van der Waals surface area contributed by atoms with Crippen molar-refractivity contribution in [1.82, 2.24) is 9.55 Å². The number of rotatable bonds is 1. The molecule has 2 heterocycles. The van der Waals surface area contributed by atoms with Crippen LogP contribution in [-0.2, 0) is 7.05 Å². The van der Waals surface area contributed by atoms with Gasteiger partial charge >= 0.3 is 0 Å². The summed E-state index contributed by atoms with van der Waals surface area (Å²) in [6, 6.07) is 21.1. The highest BCUT2D eigenvalue weighted by Gasteiger charge is 2.08. The van der Waals surface area contributed by atoms with E-state index in [0.29, 0.717) is 0 Å². The van der Waals surface area contributed by atoms with Crippen molar-refractivity contribution in [2.24, 2.45) is 7.05 Å². The summed E-state index contributed by atoms with van der Waals surface area (Å²) >= 11 is 0. The fourth-order valence-electron chi connectivity index (χ4n) is 2.85. The summed E-state index contributed by atoms with van der Waals surface area (Å²) in [5.74, 6) is 0. The van der Waals surface area contributed by atoms with Gasteiger partial charge in [-0.15, -0.1) is 0 Å². The Morgan fingerprint density at radius 1 is 0.800 bits per heavy atom. The van der Waals surface area contributed by atoms with Gasteiger partial charge in [0.2, 0.25) is 0 Å². The van der Waals surface area contributed by atoms with Crippen molar-refractivity contribution < 1.29 is 0 Å². The fraction of sp³-hybridized carbons (Fsp3) is 0.0556. The van der Waals surface area contributed by atoms with Crippen LogP contribution in [0.15, 0.2) is 66.9 Å². The molecule has 4 aromatic rings. The molecule has 2 nitrogen and oxygen atoms in total. The summed E-state index contributed by atoms with van der Waals surface area (Å²) in [7, 11) is 2.12. The van der Waals surface area contributed by atoms with Gasteiger partial charge in [-0.25, -0.2) is 0 Å². The van der Waals surface area contributed by atoms with E-state index in [0.717, 1.165) is 11.3 Å². The minimum Gasteiger partial charge on any atom is -0.344 e. The largest absolute Gasteiger partial charge is 0.344 e. The van der Waals surface area contributed by atoms with Gasteiger partial charge < -0.3 is 4.57 Å². The lowest BCUT2D eigenvalue weighted by Crippen LogP contribution is -1.87. The van der Waals surface area contributed by atoms with Crippen LogP contribution < -0.4 is 0 Å². The summed E-state index contributed by atoms with van der Waals surface area (Å²) in [6.45, 7) is 0. The second-order valence-corrected chi connectivity index (χ2v) is 5.02. The van der Waals surface area contributed by atoms with Gasteiger partial charge in [0, 0.05) is 40.6 Å². The number of fused-ring (bicyclic) bond motifs is 3. The molecule has 0 aliphatic rings. The second kappa shape index (κ2) is 4.20. The summed E-state index contributed by atoms with van der Waals surface area (Å²) in [4.78, 5) is 4.43. The molecular formula is C18H14N2. The number of para-hydroxylation sites is 1. The lowest BCUT2D eigenvalue weighted by molar-refractivity contribution is 1.01. The Balaban J connectivity index is 2.05. The Morgan fingerprint density at radius 3 is 2.45 bits per heavy atom. The van der Waals surface area contributed by atoms with E-state index >= 15 is 0 Å². The molecule has 0 saturated carbocycles. The Hall–Kier alpha value is -2.61. The Kier molecular flexibility index (Phi) is 2.36. The number of pyridine rings is 1. The van der Waals surface area contributed by atoms with Gasteiger partial charge in [-0.3, -0.25) is 4.98 Å². The lowest BCUT2D eigenvalue weighted by atomic mass is 10.1. The SMILES string of the molecule is Cn1c2ccccc2c2ccc(-c3ccccn3)cc21. The standard InChI is InChI=1S/C18H14N2/c1-20-17-8-3-2-6-14(17)15-10-9-13(12-18(15)20)16-7-4-5-11-19-16/h2-12H,1H3. The first kappa shape index (κ1) is 11.2. The number of aromatic nitrogens is 2. The molecular weight excluding hydrogens is 244 g/mol. The number of hydrogen-bond acceptors (Lipinski definition) is 1. The van der Waals surface area contributed by atoms with Crippen LogP contribution >= 0.6 is 0 Å². The molecule has 0 amide bonds. The number of hydrogen-bond donors (Lipinski definition) is 0. The third-order valence-electron chi connectivity index (χ3n) is 3.88. The Labute approximate surface area is 117 Å². The maximum Gasteiger partial charge on any atom is 0.0702 e. The van der Waals surface area contributed by atoms with Crippen molar-refractivity contribution in [3.63, 3.8) is 0 Å². The average molecular weight is 258 g/mol. The molecule has 0 fully saturated rings. The molecule has 0 aliphatic carbocycles. The van der Waals surface area contributed by atoms with E-state index in [4.69, 9.17) is 0 Å². The highest BCUT2D eigenvalue weighted by Crippen LogP contribution is 2.30. The van der Waals surface area contributed by atoms with Gasteiger partial charge in [0.15, 0.2) is 0 Å². The Bertz CT molecular complexity index is 905. The predicted molar refractivity (Wildman–Crippen MR) is 83.7 cm³/mol. The van der Waals surface area contributed by atoms with E-state index in [1.54, 1.807) is 0 Å². The number of aryl methyl sites for hydroxylation is 1. The number of nitrogens with zero attached hydrogens (tertiary/aromatic N) is 2. The van der Waals surface area contributed by atoms with E-state index in [9.17, 15) is 0 Å². The minimum absolute atomic E-state index is 1.01. The third-order valence-corrected chi connectivity index (χ3v) is 3.88. The second-order valence-electron chi connectivity index (χ2n) is 5.02. The van der Waals surface area contributed by atoms with Crippen LogP contribution in [0.3, 0.4) is 0 Å². The van der Waals surface area contributed by atoms with Crippen LogP contribution in [0.5, 0.6) is 0 Å². The van der Waals surface area contributed by atoms with Crippen molar-refractivity contribution in [2.45, 2.75) is 0 Å². The molecule has 0 atom stereocenters. The predicted octanol–water partition coefficient (Wildman–Crippen LogP) is 4.39. The van der Waals surface area contributed by atoms with Gasteiger partial charge in [-0.05, 0) is 24.3 Å². The molecule has 4 rings (SSSR count). The average Bonchev–Trinajstić information content (AvgIpc) is 2.81. The van der Waals surface area contributed by atoms with Crippen LogP contribution in [0, 0.1) is 0 Å². The van der Waals surface area contributed by atoms with Gasteiger partial charge in [-0.2, -0.15) is 0 Å². The smallest absolute Gasteiger partial charge is 0.0702 e. The maximum absolute atomic E-state index is 4.43. The van der Waals surface area contributed by atoms with Crippen molar-refractivity contribution in [2.75, 3.05) is 0 Å².